The SMILES string of the molecule is C[C@@H]1CN(CC(=O)N2CC(C)(C)c3ncc(Cc4ccc(F)cc4)cc32)[C@@H](CN2C(=O)C3CC[C@H]2C3)CN1.Cl.Cl. The number of piperazine rings is 1. The molecular formula is C30H40Cl2FN5O2. The standard InChI is InChI=1S/C30H38FN5O2.2ClH/c1-19-15-34(25(14-32-19)16-35-24-9-6-22(12-24)29(35)38)17-27(37)36-18-30(2,3)28-26(36)11-21(13-33-28)10-20-4-7-23(31)8-5-20;;/h4-5,7-8,11,13,19,22,24-25,32H,6,9-10,12,14-18H2,1-3H3;2*1H/t19-,22?,24+,25-;;/m1../s1. The molecule has 1 unspecified atom stereocenters. The summed E-state index contributed by atoms with van der Waals surface area (Å²) in [5.41, 5.74) is 3.59. The Morgan fingerprint density at radius 2 is 1.90 bits per heavy atom. The Hall–Kier alpha value is -2.26. The number of hydrogen-bond acceptors (Lipinski definition) is 5. The average molecular weight is 593 g/mol. The van der Waals surface area contributed by atoms with Crippen LogP contribution in [0, 0.1) is 11.7 Å². The zero-order chi connectivity index (χ0) is 26.6. The maximum atomic E-state index is 13.9. The van der Waals surface area contributed by atoms with Crippen LogP contribution in [-0.4, -0.2) is 77.4 Å². The van der Waals surface area contributed by atoms with E-state index in [0.29, 0.717) is 38.0 Å². The Bertz CT molecular complexity index is 1240. The smallest absolute Gasteiger partial charge is 0.241 e. The van der Waals surface area contributed by atoms with Crippen LogP contribution in [0.4, 0.5) is 10.1 Å². The van der Waals surface area contributed by atoms with E-state index < -0.39 is 0 Å². The maximum Gasteiger partial charge on any atom is 0.241 e. The molecule has 10 heteroatoms. The number of halogens is 3. The summed E-state index contributed by atoms with van der Waals surface area (Å²) in [4.78, 5) is 37.8. The number of amides is 2. The molecule has 2 aromatic rings. The Kier molecular flexibility index (Phi) is 9.15. The van der Waals surface area contributed by atoms with E-state index in [1.54, 1.807) is 12.1 Å². The molecule has 2 amide bonds. The number of hydrogen-bond donors (Lipinski definition) is 1. The molecule has 0 spiro atoms. The van der Waals surface area contributed by atoms with Gasteiger partial charge in [-0.1, -0.05) is 26.0 Å². The van der Waals surface area contributed by atoms with E-state index in [0.717, 1.165) is 54.9 Å². The van der Waals surface area contributed by atoms with E-state index >= 15 is 0 Å². The molecule has 2 saturated heterocycles. The lowest BCUT2D eigenvalue weighted by atomic mass is 9.91. The van der Waals surface area contributed by atoms with Crippen molar-refractivity contribution in [1.29, 1.82) is 0 Å². The minimum atomic E-state index is -0.249. The van der Waals surface area contributed by atoms with Crippen molar-refractivity contribution >= 4 is 42.3 Å². The molecule has 1 aromatic carbocycles. The van der Waals surface area contributed by atoms with Gasteiger partial charge < -0.3 is 15.1 Å². The number of anilines is 1. The van der Waals surface area contributed by atoms with Gasteiger partial charge in [0.15, 0.2) is 0 Å². The molecule has 1 aromatic heterocycles. The van der Waals surface area contributed by atoms with E-state index in [1.165, 1.54) is 12.1 Å². The van der Waals surface area contributed by atoms with E-state index in [9.17, 15) is 14.0 Å². The van der Waals surface area contributed by atoms with Gasteiger partial charge in [-0.25, -0.2) is 4.39 Å². The first-order valence-electron chi connectivity index (χ1n) is 14.0. The number of carbonyl (C=O) groups is 2. The second-order valence-electron chi connectivity index (χ2n) is 12.4. The van der Waals surface area contributed by atoms with E-state index in [-0.39, 0.29) is 60.0 Å². The second kappa shape index (κ2) is 11.9. The summed E-state index contributed by atoms with van der Waals surface area (Å²) in [7, 11) is 0. The molecule has 1 saturated carbocycles. The van der Waals surface area contributed by atoms with Crippen LogP contribution in [-0.2, 0) is 21.4 Å². The lowest BCUT2D eigenvalue weighted by Crippen LogP contribution is -2.61. The minimum Gasteiger partial charge on any atom is -0.338 e. The first-order valence-corrected chi connectivity index (χ1v) is 14.0. The number of likely N-dealkylation sites (tertiary alicyclic amines) is 1. The summed E-state index contributed by atoms with van der Waals surface area (Å²) in [6, 6.07) is 9.39. The number of piperidine rings is 1. The second-order valence-corrected chi connectivity index (χ2v) is 12.4. The zero-order valence-electron chi connectivity index (χ0n) is 23.4. The Labute approximate surface area is 248 Å². The van der Waals surface area contributed by atoms with Gasteiger partial charge in [-0.3, -0.25) is 19.5 Å². The molecule has 6 rings (SSSR count). The van der Waals surface area contributed by atoms with Crippen molar-refractivity contribution in [3.8, 4) is 0 Å². The summed E-state index contributed by atoms with van der Waals surface area (Å²) in [6.45, 7) is 9.58. The van der Waals surface area contributed by atoms with Crippen molar-refractivity contribution < 1.29 is 14.0 Å². The normalized spacial score (nSPS) is 26.9. The fraction of sp³-hybridized carbons (Fsp3) is 0.567. The quantitative estimate of drug-likeness (QED) is 0.551. The molecule has 1 N–H and O–H groups in total. The number of pyridine rings is 1. The third-order valence-electron chi connectivity index (χ3n) is 8.98. The first-order chi connectivity index (χ1) is 18.2. The van der Waals surface area contributed by atoms with Crippen molar-refractivity contribution in [2.75, 3.05) is 37.6 Å². The van der Waals surface area contributed by atoms with Crippen LogP contribution in [0.3, 0.4) is 0 Å². The predicted octanol–water partition coefficient (Wildman–Crippen LogP) is 3.95. The van der Waals surface area contributed by atoms with Gasteiger partial charge in [0.2, 0.25) is 11.8 Å². The first kappa shape index (κ1) is 30.7. The minimum absolute atomic E-state index is 0. The average Bonchev–Trinajstić information content (AvgIpc) is 3.55. The fourth-order valence-corrected chi connectivity index (χ4v) is 6.94. The predicted molar refractivity (Wildman–Crippen MR) is 159 cm³/mol. The molecule has 0 radical (unpaired) electrons. The van der Waals surface area contributed by atoms with Crippen LogP contribution >= 0.6 is 24.8 Å². The molecule has 2 bridgehead atoms. The van der Waals surface area contributed by atoms with Gasteiger partial charge in [-0.05, 0) is 61.9 Å². The highest BCUT2D eigenvalue weighted by Gasteiger charge is 2.46. The number of nitrogens with one attached hydrogen (secondary N) is 1. The molecular weight excluding hydrogens is 552 g/mol. The van der Waals surface area contributed by atoms with E-state index in [2.05, 4.69) is 42.0 Å². The van der Waals surface area contributed by atoms with Gasteiger partial charge in [-0.15, -0.1) is 24.8 Å². The van der Waals surface area contributed by atoms with Gasteiger partial charge in [0.1, 0.15) is 5.82 Å². The van der Waals surface area contributed by atoms with E-state index in [4.69, 9.17) is 4.98 Å². The molecule has 3 aliphatic heterocycles. The number of aromatic nitrogens is 1. The van der Waals surface area contributed by atoms with Crippen LogP contribution in [0.15, 0.2) is 36.5 Å². The van der Waals surface area contributed by atoms with Crippen molar-refractivity contribution in [1.82, 2.24) is 20.1 Å². The molecule has 218 valence electrons. The fourth-order valence-electron chi connectivity index (χ4n) is 6.94. The third-order valence-corrected chi connectivity index (χ3v) is 8.98. The van der Waals surface area contributed by atoms with Gasteiger partial charge in [0, 0.05) is 61.8 Å². The number of carbonyl (C=O) groups excluding carboxylic acids is 2. The lowest BCUT2D eigenvalue weighted by molar-refractivity contribution is -0.135. The topological polar surface area (TPSA) is 68.8 Å². The number of nitrogens with zero attached hydrogens (tertiary/aromatic N) is 4. The largest absolute Gasteiger partial charge is 0.338 e. The van der Waals surface area contributed by atoms with Gasteiger partial charge >= 0.3 is 0 Å². The van der Waals surface area contributed by atoms with Crippen molar-refractivity contribution in [2.45, 2.75) is 70.0 Å². The Balaban J connectivity index is 0.00000185. The van der Waals surface area contributed by atoms with Crippen LogP contribution in [0.5, 0.6) is 0 Å². The maximum absolute atomic E-state index is 13.9. The summed E-state index contributed by atoms with van der Waals surface area (Å²) in [5, 5.41) is 3.56. The summed E-state index contributed by atoms with van der Waals surface area (Å²) < 4.78 is 13.4. The Morgan fingerprint density at radius 3 is 2.60 bits per heavy atom. The van der Waals surface area contributed by atoms with Crippen LogP contribution in [0.2, 0.25) is 0 Å². The van der Waals surface area contributed by atoms with Gasteiger partial charge in [-0.2, -0.15) is 0 Å². The molecule has 1 aliphatic carbocycles. The lowest BCUT2D eigenvalue weighted by Gasteiger charge is -2.42. The number of benzene rings is 1. The molecule has 3 fully saturated rings. The highest BCUT2D eigenvalue weighted by Crippen LogP contribution is 2.40. The molecule has 7 nitrogen and oxygen atoms in total. The number of fused-ring (bicyclic) bond motifs is 3. The van der Waals surface area contributed by atoms with E-state index in [1.807, 2.05) is 11.1 Å². The van der Waals surface area contributed by atoms with Crippen LogP contribution in [0.1, 0.15) is 56.9 Å². The van der Waals surface area contributed by atoms with Crippen molar-refractivity contribution in [3.63, 3.8) is 0 Å². The molecule has 40 heavy (non-hydrogen) atoms. The zero-order valence-corrected chi connectivity index (χ0v) is 25.1. The molecule has 4 heterocycles. The van der Waals surface area contributed by atoms with Crippen LogP contribution in [0.25, 0.3) is 0 Å². The Morgan fingerprint density at radius 1 is 1.15 bits per heavy atom. The van der Waals surface area contributed by atoms with Gasteiger partial charge in [0.25, 0.3) is 0 Å². The van der Waals surface area contributed by atoms with Crippen molar-refractivity contribution in [3.05, 3.63) is 59.2 Å². The highest BCUT2D eigenvalue weighted by atomic mass is 35.5. The molecule has 4 aliphatic rings. The summed E-state index contributed by atoms with van der Waals surface area (Å²) >= 11 is 0. The van der Waals surface area contributed by atoms with Crippen molar-refractivity contribution in [2.24, 2.45) is 5.92 Å². The number of rotatable bonds is 6. The highest BCUT2D eigenvalue weighted by molar-refractivity contribution is 5.97. The molecule has 4 atom stereocenters. The summed E-state index contributed by atoms with van der Waals surface area (Å²) in [6.07, 6.45) is 5.66. The monoisotopic (exact) mass is 591 g/mol. The van der Waals surface area contributed by atoms with Gasteiger partial charge in [0.05, 0.1) is 17.9 Å². The van der Waals surface area contributed by atoms with Crippen LogP contribution < -0.4 is 10.2 Å². The third kappa shape index (κ3) is 5.87. The summed E-state index contributed by atoms with van der Waals surface area (Å²) in [5.74, 6) is 0.346.